The number of aromatic nitrogens is 2. The van der Waals surface area contributed by atoms with E-state index in [0.29, 0.717) is 11.7 Å². The Hall–Kier alpha value is -1.65. The van der Waals surface area contributed by atoms with E-state index in [9.17, 15) is 4.79 Å². The van der Waals surface area contributed by atoms with Crippen molar-refractivity contribution in [1.29, 1.82) is 0 Å². The molecule has 0 fully saturated rings. The Balaban J connectivity index is 2.52. The smallest absolute Gasteiger partial charge is 0.322 e. The molecule has 0 saturated heterocycles. The number of nitrogens with one attached hydrogen (secondary N) is 1. The zero-order chi connectivity index (χ0) is 11.3. The van der Waals surface area contributed by atoms with Crippen LogP contribution in [0, 0.1) is 5.92 Å². The van der Waals surface area contributed by atoms with E-state index < -0.39 is 5.97 Å². The molecular formula is C10H15N3O2. The van der Waals surface area contributed by atoms with Crippen LogP contribution in [0.15, 0.2) is 12.1 Å². The van der Waals surface area contributed by atoms with Crippen LogP contribution in [0.3, 0.4) is 0 Å². The fraction of sp³-hybridized carbons (Fsp3) is 0.500. The van der Waals surface area contributed by atoms with E-state index in [0.717, 1.165) is 12.1 Å². The molecule has 15 heavy (non-hydrogen) atoms. The van der Waals surface area contributed by atoms with Gasteiger partial charge in [-0.2, -0.15) is 5.10 Å². The van der Waals surface area contributed by atoms with E-state index in [-0.39, 0.29) is 6.54 Å². The molecule has 0 bridgehead atoms. The quantitative estimate of drug-likeness (QED) is 0.761. The normalized spacial score (nSPS) is 10.3. The van der Waals surface area contributed by atoms with Crippen LogP contribution in [-0.4, -0.2) is 27.8 Å². The summed E-state index contributed by atoms with van der Waals surface area (Å²) in [5.41, 5.74) is 0.922. The number of carboxylic acid groups (broad SMARTS) is 1. The summed E-state index contributed by atoms with van der Waals surface area (Å²) in [5, 5.41) is 19.0. The highest BCUT2D eigenvalue weighted by atomic mass is 16.4. The number of carbonyl (C=O) groups is 1. The van der Waals surface area contributed by atoms with Crippen molar-refractivity contribution >= 4 is 11.8 Å². The van der Waals surface area contributed by atoms with Crippen LogP contribution in [0.2, 0.25) is 0 Å². The molecule has 1 rings (SSSR count). The van der Waals surface area contributed by atoms with E-state index in [1.54, 1.807) is 6.07 Å². The first-order chi connectivity index (χ1) is 7.08. The Labute approximate surface area is 88.5 Å². The standard InChI is InChI=1S/C10H15N3O2/c1-7(2)5-8-3-4-9(13-12-8)11-6-10(14)15/h3-4,7H,5-6H2,1-2H3,(H,11,13)(H,14,15). The van der Waals surface area contributed by atoms with Gasteiger partial charge in [0.2, 0.25) is 0 Å². The molecule has 0 aliphatic rings. The first-order valence-electron chi connectivity index (χ1n) is 4.86. The second-order valence-corrected chi connectivity index (χ2v) is 3.76. The maximum absolute atomic E-state index is 10.3. The number of hydrogen-bond acceptors (Lipinski definition) is 4. The second-order valence-electron chi connectivity index (χ2n) is 3.76. The van der Waals surface area contributed by atoms with Crippen molar-refractivity contribution < 1.29 is 9.90 Å². The molecule has 5 heteroatoms. The minimum atomic E-state index is -0.914. The molecule has 0 aliphatic heterocycles. The van der Waals surface area contributed by atoms with E-state index in [1.165, 1.54) is 0 Å². The minimum Gasteiger partial charge on any atom is -0.480 e. The van der Waals surface area contributed by atoms with Crippen LogP contribution in [0.5, 0.6) is 0 Å². The predicted molar refractivity (Wildman–Crippen MR) is 56.7 cm³/mol. The largest absolute Gasteiger partial charge is 0.480 e. The lowest BCUT2D eigenvalue weighted by Crippen LogP contribution is -2.13. The van der Waals surface area contributed by atoms with Crippen LogP contribution in [0.4, 0.5) is 5.82 Å². The van der Waals surface area contributed by atoms with Gasteiger partial charge in [0.1, 0.15) is 12.4 Å². The molecule has 0 amide bonds. The number of anilines is 1. The summed E-state index contributed by atoms with van der Waals surface area (Å²) >= 11 is 0. The van der Waals surface area contributed by atoms with Crippen molar-refractivity contribution in [1.82, 2.24) is 10.2 Å². The Kier molecular flexibility index (Phi) is 4.03. The van der Waals surface area contributed by atoms with Gasteiger partial charge in [-0.15, -0.1) is 5.10 Å². The average Bonchev–Trinajstić information content (AvgIpc) is 2.16. The average molecular weight is 209 g/mol. The summed E-state index contributed by atoms with van der Waals surface area (Å²) in [6.45, 7) is 4.08. The monoisotopic (exact) mass is 209 g/mol. The number of aliphatic carboxylic acids is 1. The lowest BCUT2D eigenvalue weighted by molar-refractivity contribution is -0.134. The molecule has 2 N–H and O–H groups in total. The van der Waals surface area contributed by atoms with Crippen molar-refractivity contribution in [3.63, 3.8) is 0 Å². The highest BCUT2D eigenvalue weighted by Gasteiger charge is 2.01. The van der Waals surface area contributed by atoms with Gasteiger partial charge in [-0.3, -0.25) is 4.79 Å². The molecule has 0 aromatic carbocycles. The predicted octanol–water partition coefficient (Wildman–Crippen LogP) is 1.17. The van der Waals surface area contributed by atoms with Crippen molar-refractivity contribution in [3.05, 3.63) is 17.8 Å². The highest BCUT2D eigenvalue weighted by Crippen LogP contribution is 2.06. The van der Waals surface area contributed by atoms with Gasteiger partial charge < -0.3 is 10.4 Å². The second kappa shape index (κ2) is 5.29. The lowest BCUT2D eigenvalue weighted by atomic mass is 10.1. The third kappa shape index (κ3) is 4.39. The first kappa shape index (κ1) is 11.4. The Morgan fingerprint density at radius 3 is 2.67 bits per heavy atom. The molecule has 0 unspecified atom stereocenters. The summed E-state index contributed by atoms with van der Waals surface area (Å²) in [6, 6.07) is 3.60. The molecule has 0 saturated carbocycles. The third-order valence-corrected chi connectivity index (χ3v) is 1.76. The van der Waals surface area contributed by atoms with Gasteiger partial charge in [-0.25, -0.2) is 0 Å². The van der Waals surface area contributed by atoms with Crippen LogP contribution in [0.1, 0.15) is 19.5 Å². The Morgan fingerprint density at radius 2 is 2.20 bits per heavy atom. The minimum absolute atomic E-state index is 0.141. The van der Waals surface area contributed by atoms with Crippen LogP contribution in [-0.2, 0) is 11.2 Å². The first-order valence-corrected chi connectivity index (χ1v) is 4.86. The molecule has 0 spiro atoms. The van der Waals surface area contributed by atoms with Crippen molar-refractivity contribution in [2.45, 2.75) is 20.3 Å². The molecule has 1 heterocycles. The summed E-state index contributed by atoms with van der Waals surface area (Å²) in [4.78, 5) is 10.3. The van der Waals surface area contributed by atoms with E-state index in [4.69, 9.17) is 5.11 Å². The summed E-state index contributed by atoms with van der Waals surface area (Å²) in [6.07, 6.45) is 0.881. The maximum Gasteiger partial charge on any atom is 0.322 e. The molecular weight excluding hydrogens is 194 g/mol. The van der Waals surface area contributed by atoms with Crippen molar-refractivity contribution in [2.24, 2.45) is 5.92 Å². The van der Waals surface area contributed by atoms with Gasteiger partial charge >= 0.3 is 5.97 Å². The van der Waals surface area contributed by atoms with Crippen LogP contribution >= 0.6 is 0 Å². The van der Waals surface area contributed by atoms with Crippen LogP contribution in [0.25, 0.3) is 0 Å². The van der Waals surface area contributed by atoms with Crippen molar-refractivity contribution in [3.8, 4) is 0 Å². The molecule has 82 valence electrons. The Bertz CT molecular complexity index is 322. The summed E-state index contributed by atoms with van der Waals surface area (Å²) in [7, 11) is 0. The zero-order valence-electron chi connectivity index (χ0n) is 8.90. The molecule has 0 atom stereocenters. The van der Waals surface area contributed by atoms with E-state index in [2.05, 4.69) is 29.4 Å². The number of nitrogens with zero attached hydrogens (tertiary/aromatic N) is 2. The fourth-order valence-corrected chi connectivity index (χ4v) is 1.15. The van der Waals surface area contributed by atoms with Crippen molar-refractivity contribution in [2.75, 3.05) is 11.9 Å². The van der Waals surface area contributed by atoms with Gasteiger partial charge in [-0.1, -0.05) is 13.8 Å². The zero-order valence-corrected chi connectivity index (χ0v) is 8.90. The van der Waals surface area contributed by atoms with Gasteiger partial charge in [0.25, 0.3) is 0 Å². The number of carboxylic acids is 1. The van der Waals surface area contributed by atoms with Crippen LogP contribution < -0.4 is 5.32 Å². The molecule has 0 radical (unpaired) electrons. The Morgan fingerprint density at radius 1 is 1.47 bits per heavy atom. The number of hydrogen-bond donors (Lipinski definition) is 2. The molecule has 1 aromatic heterocycles. The molecule has 1 aromatic rings. The highest BCUT2D eigenvalue weighted by molar-refractivity contribution is 5.72. The van der Waals surface area contributed by atoms with Gasteiger partial charge in [0.15, 0.2) is 0 Å². The van der Waals surface area contributed by atoms with Gasteiger partial charge in [0.05, 0.1) is 5.69 Å². The fourth-order valence-electron chi connectivity index (χ4n) is 1.15. The lowest BCUT2D eigenvalue weighted by Gasteiger charge is -2.04. The maximum atomic E-state index is 10.3. The van der Waals surface area contributed by atoms with Gasteiger partial charge in [-0.05, 0) is 24.5 Å². The van der Waals surface area contributed by atoms with Gasteiger partial charge in [0, 0.05) is 0 Å². The topological polar surface area (TPSA) is 75.1 Å². The summed E-state index contributed by atoms with van der Waals surface area (Å²) < 4.78 is 0. The number of rotatable bonds is 5. The summed E-state index contributed by atoms with van der Waals surface area (Å²) in [5.74, 6) is 0.116. The molecule has 5 nitrogen and oxygen atoms in total. The third-order valence-electron chi connectivity index (χ3n) is 1.76. The molecule has 0 aliphatic carbocycles. The van der Waals surface area contributed by atoms with E-state index in [1.807, 2.05) is 6.07 Å². The SMILES string of the molecule is CC(C)Cc1ccc(NCC(=O)O)nn1. The van der Waals surface area contributed by atoms with E-state index >= 15 is 0 Å².